The highest BCUT2D eigenvalue weighted by Crippen LogP contribution is 2.24. The predicted octanol–water partition coefficient (Wildman–Crippen LogP) is 1.49. The Labute approximate surface area is 92.4 Å². The second-order valence-corrected chi connectivity index (χ2v) is 3.26. The number of benzene rings is 1. The first kappa shape index (κ1) is 12.1. The molecule has 6 nitrogen and oxygen atoms in total. The SMILES string of the molecule is COCC(=O)Nc1cc(C)ccc1[N+](=O)[O-]. The van der Waals surface area contributed by atoms with Gasteiger partial charge in [-0.3, -0.25) is 14.9 Å². The number of rotatable bonds is 4. The van der Waals surface area contributed by atoms with Crippen molar-refractivity contribution >= 4 is 17.3 Å². The Balaban J connectivity index is 2.96. The Hall–Kier alpha value is -1.95. The third kappa shape index (κ3) is 3.03. The molecule has 0 radical (unpaired) electrons. The molecule has 0 atom stereocenters. The fourth-order valence-electron chi connectivity index (χ4n) is 1.23. The number of hydrogen-bond donors (Lipinski definition) is 1. The van der Waals surface area contributed by atoms with E-state index in [1.165, 1.54) is 13.2 Å². The Morgan fingerprint density at radius 2 is 2.25 bits per heavy atom. The number of nitrogens with zero attached hydrogens (tertiary/aromatic N) is 1. The number of hydrogen-bond acceptors (Lipinski definition) is 4. The quantitative estimate of drug-likeness (QED) is 0.620. The minimum absolute atomic E-state index is 0.130. The number of carbonyl (C=O) groups is 1. The summed E-state index contributed by atoms with van der Waals surface area (Å²) in [6, 6.07) is 4.52. The van der Waals surface area contributed by atoms with Gasteiger partial charge in [0.05, 0.1) is 4.92 Å². The third-order valence-electron chi connectivity index (χ3n) is 1.90. The normalized spacial score (nSPS) is 9.88. The van der Waals surface area contributed by atoms with E-state index in [-0.39, 0.29) is 18.0 Å². The van der Waals surface area contributed by atoms with E-state index in [2.05, 4.69) is 10.1 Å². The number of nitrogens with one attached hydrogen (secondary N) is 1. The first-order chi connectivity index (χ1) is 7.54. The standard InChI is InChI=1S/C10H12N2O4/c1-7-3-4-9(12(14)15)8(5-7)11-10(13)6-16-2/h3-5H,6H2,1-2H3,(H,11,13). The molecule has 0 saturated carbocycles. The van der Waals surface area contributed by atoms with Crippen LogP contribution in [0.25, 0.3) is 0 Å². The highest BCUT2D eigenvalue weighted by molar-refractivity contribution is 5.94. The van der Waals surface area contributed by atoms with Crippen molar-refractivity contribution in [3.05, 3.63) is 33.9 Å². The number of aryl methyl sites for hydroxylation is 1. The monoisotopic (exact) mass is 224 g/mol. The van der Waals surface area contributed by atoms with Crippen LogP contribution in [0.5, 0.6) is 0 Å². The van der Waals surface area contributed by atoms with Crippen LogP contribution >= 0.6 is 0 Å². The van der Waals surface area contributed by atoms with E-state index in [1.54, 1.807) is 19.1 Å². The van der Waals surface area contributed by atoms with Crippen LogP contribution in [0, 0.1) is 17.0 Å². The first-order valence-corrected chi connectivity index (χ1v) is 4.58. The lowest BCUT2D eigenvalue weighted by atomic mass is 10.2. The van der Waals surface area contributed by atoms with Gasteiger partial charge in [-0.05, 0) is 18.6 Å². The number of nitro groups is 1. The largest absolute Gasteiger partial charge is 0.375 e. The van der Waals surface area contributed by atoms with Crippen molar-refractivity contribution in [2.45, 2.75) is 6.92 Å². The van der Waals surface area contributed by atoms with Crippen molar-refractivity contribution in [2.24, 2.45) is 0 Å². The molecule has 1 amide bonds. The maximum atomic E-state index is 11.2. The van der Waals surface area contributed by atoms with Crippen LogP contribution in [0.15, 0.2) is 18.2 Å². The highest BCUT2D eigenvalue weighted by Gasteiger charge is 2.15. The summed E-state index contributed by atoms with van der Waals surface area (Å²) in [6.07, 6.45) is 0. The van der Waals surface area contributed by atoms with Crippen LogP contribution in [-0.4, -0.2) is 24.5 Å². The molecule has 0 saturated heterocycles. The molecular formula is C10H12N2O4. The minimum Gasteiger partial charge on any atom is -0.375 e. The van der Waals surface area contributed by atoms with Crippen molar-refractivity contribution in [3.8, 4) is 0 Å². The van der Waals surface area contributed by atoms with Gasteiger partial charge in [0.25, 0.3) is 11.6 Å². The van der Waals surface area contributed by atoms with E-state index in [1.807, 2.05) is 0 Å². The van der Waals surface area contributed by atoms with Gasteiger partial charge in [0.1, 0.15) is 12.3 Å². The topological polar surface area (TPSA) is 81.5 Å². The Kier molecular flexibility index (Phi) is 3.96. The molecule has 1 aromatic carbocycles. The number of methoxy groups -OCH3 is 1. The van der Waals surface area contributed by atoms with Gasteiger partial charge in [-0.25, -0.2) is 0 Å². The number of ether oxygens (including phenoxy) is 1. The van der Waals surface area contributed by atoms with Crippen LogP contribution in [0.1, 0.15) is 5.56 Å². The van der Waals surface area contributed by atoms with Crippen molar-refractivity contribution in [1.29, 1.82) is 0 Å². The van der Waals surface area contributed by atoms with Crippen molar-refractivity contribution in [2.75, 3.05) is 19.0 Å². The predicted molar refractivity (Wildman–Crippen MR) is 58.3 cm³/mol. The lowest BCUT2D eigenvalue weighted by Gasteiger charge is -2.06. The van der Waals surface area contributed by atoms with Gasteiger partial charge in [-0.2, -0.15) is 0 Å². The molecule has 0 aliphatic carbocycles. The number of amides is 1. The number of nitro benzene ring substituents is 1. The van der Waals surface area contributed by atoms with E-state index in [4.69, 9.17) is 0 Å². The number of carbonyl (C=O) groups excluding carboxylic acids is 1. The second kappa shape index (κ2) is 5.22. The molecule has 16 heavy (non-hydrogen) atoms. The Bertz CT molecular complexity index is 417. The summed E-state index contributed by atoms with van der Waals surface area (Å²) in [5, 5.41) is 13.1. The molecule has 0 spiro atoms. The Morgan fingerprint density at radius 3 is 2.81 bits per heavy atom. The average Bonchev–Trinajstić information content (AvgIpc) is 2.17. The van der Waals surface area contributed by atoms with E-state index < -0.39 is 10.8 Å². The second-order valence-electron chi connectivity index (χ2n) is 3.26. The van der Waals surface area contributed by atoms with E-state index in [0.29, 0.717) is 0 Å². The van der Waals surface area contributed by atoms with Crippen LogP contribution < -0.4 is 5.32 Å². The highest BCUT2D eigenvalue weighted by atomic mass is 16.6. The molecule has 1 N–H and O–H groups in total. The lowest BCUT2D eigenvalue weighted by molar-refractivity contribution is -0.383. The van der Waals surface area contributed by atoms with Crippen LogP contribution in [0.4, 0.5) is 11.4 Å². The van der Waals surface area contributed by atoms with Crippen molar-refractivity contribution < 1.29 is 14.5 Å². The zero-order chi connectivity index (χ0) is 12.1. The third-order valence-corrected chi connectivity index (χ3v) is 1.90. The van der Waals surface area contributed by atoms with Gasteiger partial charge in [-0.1, -0.05) is 6.07 Å². The van der Waals surface area contributed by atoms with Gasteiger partial charge in [-0.15, -0.1) is 0 Å². The van der Waals surface area contributed by atoms with Crippen LogP contribution in [0.2, 0.25) is 0 Å². The zero-order valence-corrected chi connectivity index (χ0v) is 9.02. The van der Waals surface area contributed by atoms with Gasteiger partial charge >= 0.3 is 0 Å². The van der Waals surface area contributed by atoms with E-state index >= 15 is 0 Å². The molecule has 0 aliphatic rings. The molecule has 0 aromatic heterocycles. The van der Waals surface area contributed by atoms with E-state index in [0.717, 1.165) is 5.56 Å². The van der Waals surface area contributed by atoms with Gasteiger partial charge in [0, 0.05) is 13.2 Å². The van der Waals surface area contributed by atoms with E-state index in [9.17, 15) is 14.9 Å². The van der Waals surface area contributed by atoms with Gasteiger partial charge < -0.3 is 10.1 Å². The molecule has 1 aromatic rings. The molecule has 0 bridgehead atoms. The minimum atomic E-state index is -0.540. The van der Waals surface area contributed by atoms with Crippen LogP contribution in [0.3, 0.4) is 0 Å². The lowest BCUT2D eigenvalue weighted by Crippen LogP contribution is -2.18. The molecular weight excluding hydrogens is 212 g/mol. The van der Waals surface area contributed by atoms with Crippen LogP contribution in [-0.2, 0) is 9.53 Å². The molecule has 0 fully saturated rings. The Morgan fingerprint density at radius 1 is 1.56 bits per heavy atom. The summed E-state index contributed by atoms with van der Waals surface area (Å²) >= 11 is 0. The zero-order valence-electron chi connectivity index (χ0n) is 9.02. The fraction of sp³-hybridized carbons (Fsp3) is 0.300. The maximum absolute atomic E-state index is 11.2. The summed E-state index contributed by atoms with van der Waals surface area (Å²) < 4.78 is 4.62. The summed E-state index contributed by atoms with van der Waals surface area (Å²) in [6.45, 7) is 1.65. The molecule has 0 unspecified atom stereocenters. The van der Waals surface area contributed by atoms with Crippen molar-refractivity contribution in [1.82, 2.24) is 0 Å². The molecule has 86 valence electrons. The van der Waals surface area contributed by atoms with Crippen molar-refractivity contribution in [3.63, 3.8) is 0 Å². The fourth-order valence-corrected chi connectivity index (χ4v) is 1.23. The molecule has 0 aliphatic heterocycles. The summed E-state index contributed by atoms with van der Waals surface area (Å²) in [7, 11) is 1.38. The summed E-state index contributed by atoms with van der Waals surface area (Å²) in [4.78, 5) is 21.4. The summed E-state index contributed by atoms with van der Waals surface area (Å²) in [5.74, 6) is -0.420. The average molecular weight is 224 g/mol. The number of anilines is 1. The first-order valence-electron chi connectivity index (χ1n) is 4.58. The maximum Gasteiger partial charge on any atom is 0.292 e. The molecule has 6 heteroatoms. The van der Waals surface area contributed by atoms with Gasteiger partial charge in [0.2, 0.25) is 0 Å². The smallest absolute Gasteiger partial charge is 0.292 e. The molecule has 1 rings (SSSR count). The van der Waals surface area contributed by atoms with Gasteiger partial charge in [0.15, 0.2) is 0 Å². The summed E-state index contributed by atoms with van der Waals surface area (Å²) in [5.41, 5.74) is 0.889. The molecule has 0 heterocycles.